The third-order valence-electron chi connectivity index (χ3n) is 5.56. The van der Waals surface area contributed by atoms with Gasteiger partial charge < -0.3 is 4.90 Å². The van der Waals surface area contributed by atoms with E-state index in [4.69, 9.17) is 0 Å². The summed E-state index contributed by atoms with van der Waals surface area (Å²) in [6.45, 7) is 1.48. The number of carbonyl (C=O) groups is 3. The summed E-state index contributed by atoms with van der Waals surface area (Å²) in [5.41, 5.74) is 0.604. The van der Waals surface area contributed by atoms with Crippen molar-refractivity contribution < 1.29 is 31.6 Å². The molecule has 2 fully saturated rings. The predicted octanol–water partition coefficient (Wildman–Crippen LogP) is 2.45. The Kier molecular flexibility index (Phi) is 5.55. The maximum atomic E-state index is 14.0. The molecule has 0 aromatic heterocycles. The molecule has 2 aromatic carbocycles. The molecule has 3 amide bonds. The molecule has 168 valence electrons. The Labute approximate surface area is 182 Å². The van der Waals surface area contributed by atoms with Gasteiger partial charge >= 0.3 is 6.03 Å². The second-order valence-corrected chi connectivity index (χ2v) is 9.37. The highest BCUT2D eigenvalue weighted by Gasteiger charge is 2.49. The lowest BCUT2D eigenvalue weighted by Crippen LogP contribution is -2.49. The summed E-state index contributed by atoms with van der Waals surface area (Å²) < 4.78 is 54.6. The third-order valence-corrected chi connectivity index (χ3v) is 7.11. The van der Waals surface area contributed by atoms with Crippen LogP contribution in [0, 0.1) is 11.6 Å². The van der Waals surface area contributed by atoms with Gasteiger partial charge in [-0.2, -0.15) is 0 Å². The maximum absolute atomic E-state index is 14.0. The number of sulfonamides is 1. The number of benzene rings is 2. The molecular weight excluding hydrogens is 444 g/mol. The van der Waals surface area contributed by atoms with Crippen LogP contribution in [0.25, 0.3) is 0 Å². The average Bonchev–Trinajstić information content (AvgIpc) is 2.97. The minimum atomic E-state index is -4.31. The second kappa shape index (κ2) is 8.06. The molecule has 2 heterocycles. The van der Waals surface area contributed by atoms with Crippen molar-refractivity contribution in [2.45, 2.75) is 36.7 Å². The number of piperidine rings is 1. The molecule has 4 rings (SSSR count). The lowest BCUT2D eigenvalue weighted by atomic mass is 9.99. The summed E-state index contributed by atoms with van der Waals surface area (Å²) in [5, 5.41) is 0. The molecule has 2 aliphatic heterocycles. The van der Waals surface area contributed by atoms with E-state index in [1.54, 1.807) is 12.1 Å². The largest absolute Gasteiger partial charge is 0.332 e. The number of anilines is 1. The lowest BCUT2D eigenvalue weighted by Gasteiger charge is -2.32. The molecule has 0 spiro atoms. The number of carbonyl (C=O) groups excluding carboxylic acids is 3. The van der Waals surface area contributed by atoms with E-state index in [1.165, 1.54) is 24.0 Å². The van der Waals surface area contributed by atoms with Crippen molar-refractivity contribution in [1.29, 1.82) is 0 Å². The van der Waals surface area contributed by atoms with Gasteiger partial charge in [0.2, 0.25) is 10.0 Å². The molecule has 0 aliphatic carbocycles. The van der Waals surface area contributed by atoms with E-state index in [2.05, 4.69) is 4.72 Å². The highest BCUT2D eigenvalue weighted by atomic mass is 32.2. The van der Waals surface area contributed by atoms with E-state index in [0.717, 1.165) is 17.0 Å². The Morgan fingerprint density at radius 3 is 2.56 bits per heavy atom. The zero-order valence-corrected chi connectivity index (χ0v) is 17.7. The van der Waals surface area contributed by atoms with Crippen LogP contribution in [0.1, 0.15) is 30.1 Å². The molecule has 32 heavy (non-hydrogen) atoms. The van der Waals surface area contributed by atoms with E-state index in [1.807, 2.05) is 0 Å². The van der Waals surface area contributed by atoms with Crippen molar-refractivity contribution in [2.24, 2.45) is 0 Å². The van der Waals surface area contributed by atoms with Crippen molar-refractivity contribution >= 4 is 33.4 Å². The number of ketones is 1. The summed E-state index contributed by atoms with van der Waals surface area (Å²) in [6.07, 6.45) is 0.203. The van der Waals surface area contributed by atoms with Crippen LogP contribution in [0.2, 0.25) is 0 Å². The molecule has 11 heteroatoms. The highest BCUT2D eigenvalue weighted by molar-refractivity contribution is 7.89. The van der Waals surface area contributed by atoms with Gasteiger partial charge in [0.25, 0.3) is 5.91 Å². The van der Waals surface area contributed by atoms with Gasteiger partial charge in [-0.1, -0.05) is 12.1 Å². The summed E-state index contributed by atoms with van der Waals surface area (Å²) in [5.74, 6) is -2.88. The number of imide groups is 1. The number of amides is 3. The number of nitrogens with one attached hydrogen (secondary N) is 1. The van der Waals surface area contributed by atoms with E-state index in [9.17, 15) is 31.6 Å². The molecule has 2 unspecified atom stereocenters. The van der Waals surface area contributed by atoms with Crippen LogP contribution < -0.4 is 9.62 Å². The molecule has 2 atom stereocenters. The first kappa shape index (κ1) is 22.0. The predicted molar refractivity (Wildman–Crippen MR) is 110 cm³/mol. The van der Waals surface area contributed by atoms with Gasteiger partial charge in [-0.3, -0.25) is 9.59 Å². The standard InChI is InChI=1S/C21H19F2N3O5S/c1-12(27)13-3-2-4-16(9-13)26-20(28)18-11-15(7-8-25(18)21(26)29)24-32(30,31)19-6-5-14(22)10-17(19)23/h2-6,9-10,15,18,24H,7-8,11H2,1H3. The van der Waals surface area contributed by atoms with Crippen molar-refractivity contribution in [3.05, 3.63) is 59.7 Å². The fourth-order valence-corrected chi connectivity index (χ4v) is 5.33. The Bertz CT molecular complexity index is 1230. The Balaban J connectivity index is 1.54. The molecule has 0 saturated carbocycles. The normalized spacial score (nSPS) is 21.1. The summed E-state index contributed by atoms with van der Waals surface area (Å²) in [6, 6.07) is 6.10. The van der Waals surface area contributed by atoms with Gasteiger partial charge in [0.05, 0.1) is 5.69 Å². The van der Waals surface area contributed by atoms with Crippen molar-refractivity contribution in [3.63, 3.8) is 0 Å². The van der Waals surface area contributed by atoms with E-state index >= 15 is 0 Å². The minimum Gasteiger partial charge on any atom is -0.312 e. The maximum Gasteiger partial charge on any atom is 0.332 e. The van der Waals surface area contributed by atoms with Crippen LogP contribution in [0.15, 0.2) is 47.4 Å². The Hall–Kier alpha value is -3.18. The second-order valence-electron chi connectivity index (χ2n) is 7.69. The van der Waals surface area contributed by atoms with Gasteiger partial charge in [0, 0.05) is 24.2 Å². The van der Waals surface area contributed by atoms with E-state index < -0.39 is 50.6 Å². The van der Waals surface area contributed by atoms with Gasteiger partial charge in [0.1, 0.15) is 22.6 Å². The Morgan fingerprint density at radius 1 is 1.12 bits per heavy atom. The fraction of sp³-hybridized carbons (Fsp3) is 0.286. The molecular formula is C21H19F2N3O5S. The van der Waals surface area contributed by atoms with Crippen LogP contribution in [-0.2, 0) is 14.8 Å². The van der Waals surface area contributed by atoms with Crippen LogP contribution >= 0.6 is 0 Å². The number of halogens is 2. The van der Waals surface area contributed by atoms with Crippen LogP contribution in [0.5, 0.6) is 0 Å². The first-order valence-corrected chi connectivity index (χ1v) is 11.3. The fourth-order valence-electron chi connectivity index (χ4n) is 3.98. The van der Waals surface area contributed by atoms with Crippen LogP contribution in [0.3, 0.4) is 0 Å². The monoisotopic (exact) mass is 463 g/mol. The molecule has 2 aromatic rings. The van der Waals surface area contributed by atoms with Crippen molar-refractivity contribution in [2.75, 3.05) is 11.4 Å². The quantitative estimate of drug-likeness (QED) is 0.542. The highest BCUT2D eigenvalue weighted by Crippen LogP contribution is 2.32. The number of hydrogen-bond donors (Lipinski definition) is 1. The molecule has 0 bridgehead atoms. The third kappa shape index (κ3) is 3.89. The number of fused-ring (bicyclic) bond motifs is 1. The molecule has 0 radical (unpaired) electrons. The Morgan fingerprint density at radius 2 is 1.88 bits per heavy atom. The zero-order valence-electron chi connectivity index (χ0n) is 16.9. The lowest BCUT2D eigenvalue weighted by molar-refractivity contribution is -0.120. The van der Waals surface area contributed by atoms with Crippen LogP contribution in [0.4, 0.5) is 19.3 Å². The topological polar surface area (TPSA) is 104 Å². The van der Waals surface area contributed by atoms with Gasteiger partial charge in [0.15, 0.2) is 5.78 Å². The van der Waals surface area contributed by atoms with E-state index in [0.29, 0.717) is 11.6 Å². The molecule has 2 aliphatic rings. The van der Waals surface area contributed by atoms with Crippen LogP contribution in [-0.4, -0.2) is 49.7 Å². The summed E-state index contributed by atoms with van der Waals surface area (Å²) >= 11 is 0. The number of rotatable bonds is 5. The summed E-state index contributed by atoms with van der Waals surface area (Å²) in [4.78, 5) is 39.1. The summed E-state index contributed by atoms with van der Waals surface area (Å²) in [7, 11) is -4.31. The average molecular weight is 463 g/mol. The molecule has 2 saturated heterocycles. The number of Topliss-reactive ketones (excluding diaryl/α,β-unsaturated/α-hetero) is 1. The van der Waals surface area contributed by atoms with E-state index in [-0.39, 0.29) is 30.9 Å². The number of nitrogens with zero attached hydrogens (tertiary/aromatic N) is 2. The van der Waals surface area contributed by atoms with Crippen molar-refractivity contribution in [1.82, 2.24) is 9.62 Å². The number of urea groups is 1. The zero-order chi connectivity index (χ0) is 23.2. The van der Waals surface area contributed by atoms with Gasteiger partial charge in [-0.25, -0.2) is 31.6 Å². The smallest absolute Gasteiger partial charge is 0.312 e. The van der Waals surface area contributed by atoms with Gasteiger partial charge in [-0.15, -0.1) is 0 Å². The molecule has 1 N–H and O–H groups in total. The number of hydrogen-bond acceptors (Lipinski definition) is 5. The first-order chi connectivity index (χ1) is 15.1. The van der Waals surface area contributed by atoms with Crippen molar-refractivity contribution in [3.8, 4) is 0 Å². The van der Waals surface area contributed by atoms with Gasteiger partial charge in [-0.05, 0) is 44.0 Å². The first-order valence-electron chi connectivity index (χ1n) is 9.81. The minimum absolute atomic E-state index is 0.00445. The SMILES string of the molecule is CC(=O)c1cccc(N2C(=O)C3CC(NS(=O)(=O)c4ccc(F)cc4F)CCN3C2=O)c1. The molecule has 8 nitrogen and oxygen atoms in total.